The number of aromatic nitrogens is 2. The van der Waals surface area contributed by atoms with Crippen molar-refractivity contribution in [3.63, 3.8) is 0 Å². The van der Waals surface area contributed by atoms with Crippen LogP contribution in [0.1, 0.15) is 19.3 Å². The number of hydrogen-bond donors (Lipinski definition) is 0. The molecule has 1 saturated heterocycles. The summed E-state index contributed by atoms with van der Waals surface area (Å²) >= 11 is 6.11. The Hall–Kier alpha value is -1.59. The van der Waals surface area contributed by atoms with Crippen molar-refractivity contribution in [1.29, 1.82) is 0 Å². The van der Waals surface area contributed by atoms with Gasteiger partial charge in [0.2, 0.25) is 6.73 Å². The van der Waals surface area contributed by atoms with Crippen LogP contribution >= 0.6 is 11.6 Å². The fraction of sp³-hybridized carbons (Fsp3) is 0.500. The van der Waals surface area contributed by atoms with Gasteiger partial charge in [0, 0.05) is 11.5 Å². The highest BCUT2D eigenvalue weighted by atomic mass is 35.5. The molecule has 22 heavy (non-hydrogen) atoms. The Morgan fingerprint density at radius 3 is 2.64 bits per heavy atom. The lowest BCUT2D eigenvalue weighted by molar-refractivity contribution is -0.928. The van der Waals surface area contributed by atoms with E-state index in [4.69, 9.17) is 21.1 Å². The number of nitrogens with zero attached hydrogens (tertiary/aromatic N) is 3. The van der Waals surface area contributed by atoms with Gasteiger partial charge in [-0.05, 0) is 25.3 Å². The molecule has 0 saturated carbocycles. The molecule has 0 unspecified atom stereocenters. The maximum Gasteiger partial charge on any atom is 0.224 e. The number of quaternary nitrogens is 1. The second-order valence-electron chi connectivity index (χ2n) is 6.09. The number of rotatable bonds is 4. The Bertz CT molecular complexity index is 672. The van der Waals surface area contributed by atoms with Crippen molar-refractivity contribution in [3.05, 3.63) is 23.6 Å². The molecule has 0 aliphatic carbocycles. The molecule has 0 spiro atoms. The number of benzene rings is 1. The van der Waals surface area contributed by atoms with Gasteiger partial charge in [-0.2, -0.15) is 0 Å². The Balaban J connectivity index is 1.86. The minimum atomic E-state index is 0.421. The number of ether oxygens (including phenoxy) is 2. The highest BCUT2D eigenvalue weighted by molar-refractivity contribution is 6.34. The first-order valence-corrected chi connectivity index (χ1v) is 7.94. The van der Waals surface area contributed by atoms with Gasteiger partial charge in [0.05, 0.1) is 32.8 Å². The predicted octanol–water partition coefficient (Wildman–Crippen LogP) is 3.26. The van der Waals surface area contributed by atoms with Gasteiger partial charge in [0.1, 0.15) is 11.5 Å². The third-order valence-electron chi connectivity index (χ3n) is 4.30. The molecule has 0 bridgehead atoms. The Morgan fingerprint density at radius 2 is 1.91 bits per heavy atom. The molecule has 1 aliphatic rings. The van der Waals surface area contributed by atoms with E-state index in [1.807, 2.05) is 12.1 Å². The molecule has 1 aromatic heterocycles. The molecule has 118 valence electrons. The third-order valence-corrected chi connectivity index (χ3v) is 4.60. The van der Waals surface area contributed by atoms with Crippen LogP contribution in [0.4, 0.5) is 0 Å². The smallest absolute Gasteiger partial charge is 0.224 e. The average molecular weight is 323 g/mol. The van der Waals surface area contributed by atoms with Crippen LogP contribution in [-0.4, -0.2) is 48.4 Å². The van der Waals surface area contributed by atoms with E-state index in [0.717, 1.165) is 28.5 Å². The van der Waals surface area contributed by atoms with Crippen LogP contribution in [0.5, 0.6) is 11.5 Å². The molecule has 1 aromatic carbocycles. The molecule has 6 heteroatoms. The first-order valence-electron chi connectivity index (χ1n) is 7.56. The summed E-state index contributed by atoms with van der Waals surface area (Å²) in [6.45, 7) is 2.95. The maximum atomic E-state index is 6.11. The lowest BCUT2D eigenvalue weighted by Gasteiger charge is -2.37. The van der Waals surface area contributed by atoms with E-state index in [9.17, 15) is 0 Å². The van der Waals surface area contributed by atoms with Crippen LogP contribution in [0.2, 0.25) is 5.15 Å². The molecule has 2 aromatic rings. The summed E-state index contributed by atoms with van der Waals surface area (Å²) < 4.78 is 12.4. The Labute approximate surface area is 135 Å². The zero-order valence-corrected chi connectivity index (χ0v) is 13.8. The maximum absolute atomic E-state index is 6.11. The molecular weight excluding hydrogens is 302 g/mol. The van der Waals surface area contributed by atoms with Gasteiger partial charge in [0.15, 0.2) is 11.5 Å². The van der Waals surface area contributed by atoms with Crippen LogP contribution in [0.3, 0.4) is 0 Å². The molecule has 0 N–H and O–H groups in total. The quantitative estimate of drug-likeness (QED) is 0.640. The minimum absolute atomic E-state index is 0.421. The van der Waals surface area contributed by atoms with Crippen molar-refractivity contribution in [2.24, 2.45) is 0 Å². The van der Waals surface area contributed by atoms with E-state index in [1.165, 1.54) is 25.6 Å². The zero-order valence-electron chi connectivity index (χ0n) is 13.0. The third kappa shape index (κ3) is 3.10. The largest absolute Gasteiger partial charge is 0.493 e. The zero-order chi connectivity index (χ0) is 15.6. The number of likely N-dealkylation sites (tertiary alicyclic amines) is 1. The monoisotopic (exact) mass is 322 g/mol. The predicted molar refractivity (Wildman–Crippen MR) is 86.4 cm³/mol. The molecule has 1 aliphatic heterocycles. The van der Waals surface area contributed by atoms with Crippen molar-refractivity contribution in [2.75, 3.05) is 34.0 Å². The molecule has 3 rings (SSSR count). The van der Waals surface area contributed by atoms with Gasteiger partial charge in [-0.15, -0.1) is 0 Å². The van der Waals surface area contributed by atoms with Crippen molar-refractivity contribution in [2.45, 2.75) is 19.3 Å². The second kappa shape index (κ2) is 6.26. The fourth-order valence-corrected chi connectivity index (χ4v) is 3.13. The normalized spacial score (nSPS) is 17.4. The summed E-state index contributed by atoms with van der Waals surface area (Å²) in [5, 5.41) is 1.19. The topological polar surface area (TPSA) is 44.2 Å². The highest BCUT2D eigenvalue weighted by Gasteiger charge is 2.26. The Morgan fingerprint density at radius 1 is 1.14 bits per heavy atom. The SMILES string of the molecule is COc1cc2c(Cl)ncnc2cc1OC[N+]1(C)CCCCC1. The number of piperidine rings is 1. The number of fused-ring (bicyclic) bond motifs is 1. The lowest BCUT2D eigenvalue weighted by atomic mass is 10.1. The van der Waals surface area contributed by atoms with Gasteiger partial charge >= 0.3 is 0 Å². The van der Waals surface area contributed by atoms with E-state index < -0.39 is 0 Å². The lowest BCUT2D eigenvalue weighted by Crippen LogP contribution is -2.50. The molecule has 5 nitrogen and oxygen atoms in total. The van der Waals surface area contributed by atoms with E-state index in [2.05, 4.69) is 17.0 Å². The van der Waals surface area contributed by atoms with Crippen LogP contribution < -0.4 is 9.47 Å². The van der Waals surface area contributed by atoms with Gasteiger partial charge in [0.25, 0.3) is 0 Å². The summed E-state index contributed by atoms with van der Waals surface area (Å²) in [6, 6.07) is 3.71. The first kappa shape index (κ1) is 15.3. The van der Waals surface area contributed by atoms with E-state index >= 15 is 0 Å². The second-order valence-corrected chi connectivity index (χ2v) is 6.44. The Kier molecular flexibility index (Phi) is 4.36. The summed E-state index contributed by atoms with van der Waals surface area (Å²) in [6.07, 6.45) is 5.30. The minimum Gasteiger partial charge on any atom is -0.493 e. The van der Waals surface area contributed by atoms with E-state index in [1.54, 1.807) is 7.11 Å². The molecule has 0 radical (unpaired) electrons. The summed E-state index contributed by atoms with van der Waals surface area (Å²) in [7, 11) is 3.87. The first-order chi connectivity index (χ1) is 10.6. The van der Waals surface area contributed by atoms with Crippen molar-refractivity contribution >= 4 is 22.5 Å². The number of methoxy groups -OCH3 is 1. The standard InChI is InChI=1S/C16H21ClN3O2/c1-20(6-4-3-5-7-20)11-22-15-9-13-12(8-14(15)21-2)16(17)19-10-18-13/h8-10H,3-7,11H2,1-2H3/q+1. The van der Waals surface area contributed by atoms with Crippen LogP contribution in [-0.2, 0) is 0 Å². The van der Waals surface area contributed by atoms with Crippen molar-refractivity contribution in [3.8, 4) is 11.5 Å². The van der Waals surface area contributed by atoms with Crippen LogP contribution in [0, 0.1) is 0 Å². The van der Waals surface area contributed by atoms with Crippen LogP contribution in [0.15, 0.2) is 18.5 Å². The van der Waals surface area contributed by atoms with E-state index in [-0.39, 0.29) is 0 Å². The van der Waals surface area contributed by atoms with Gasteiger partial charge in [-0.3, -0.25) is 4.48 Å². The number of halogens is 1. The summed E-state index contributed by atoms with van der Waals surface area (Å²) in [5.74, 6) is 1.36. The van der Waals surface area contributed by atoms with Crippen molar-refractivity contribution in [1.82, 2.24) is 9.97 Å². The van der Waals surface area contributed by atoms with Gasteiger partial charge in [-0.1, -0.05) is 11.6 Å². The number of hydrogen-bond acceptors (Lipinski definition) is 4. The van der Waals surface area contributed by atoms with Gasteiger partial charge in [-0.25, -0.2) is 9.97 Å². The van der Waals surface area contributed by atoms with Crippen molar-refractivity contribution < 1.29 is 14.0 Å². The molecule has 1 fully saturated rings. The molecular formula is C16H21ClN3O2+. The molecule has 0 amide bonds. The molecule has 2 heterocycles. The highest BCUT2D eigenvalue weighted by Crippen LogP contribution is 2.34. The summed E-state index contributed by atoms with van der Waals surface area (Å²) in [4.78, 5) is 8.25. The summed E-state index contributed by atoms with van der Waals surface area (Å²) in [5.41, 5.74) is 0.761. The van der Waals surface area contributed by atoms with E-state index in [0.29, 0.717) is 23.4 Å². The fourth-order valence-electron chi connectivity index (χ4n) is 2.93. The van der Waals surface area contributed by atoms with Gasteiger partial charge < -0.3 is 9.47 Å². The average Bonchev–Trinajstić information content (AvgIpc) is 2.53. The molecule has 0 atom stereocenters. The van der Waals surface area contributed by atoms with Crippen LogP contribution in [0.25, 0.3) is 10.9 Å².